The molecule has 0 atom stereocenters. The summed E-state index contributed by atoms with van der Waals surface area (Å²) in [5.74, 6) is -3.43. The van der Waals surface area contributed by atoms with Gasteiger partial charge in [0.1, 0.15) is 23.1 Å². The molecule has 106 valence electrons. The molecular weight excluding hydrogens is 280 g/mol. The molecule has 1 N–H and O–H groups in total. The first-order valence-electron chi connectivity index (χ1n) is 5.35. The molecule has 5 nitrogen and oxygen atoms in total. The van der Waals surface area contributed by atoms with E-state index in [0.717, 1.165) is 6.07 Å². The van der Waals surface area contributed by atoms with Gasteiger partial charge in [0.15, 0.2) is 0 Å². The van der Waals surface area contributed by atoms with Gasteiger partial charge in [-0.3, -0.25) is 4.79 Å². The van der Waals surface area contributed by atoms with Crippen LogP contribution in [0.15, 0.2) is 23.1 Å². The third-order valence-electron chi connectivity index (χ3n) is 2.35. The Labute approximate surface area is 109 Å². The molecule has 19 heavy (non-hydrogen) atoms. The minimum atomic E-state index is -4.41. The Kier molecular flexibility index (Phi) is 4.59. The summed E-state index contributed by atoms with van der Waals surface area (Å²) in [6.45, 7) is 2.06. The van der Waals surface area contributed by atoms with Crippen LogP contribution in [0, 0.1) is 11.6 Å². The zero-order valence-electron chi connectivity index (χ0n) is 10.3. The minimum absolute atomic E-state index is 0.530. The average molecular weight is 293 g/mol. The second kappa shape index (κ2) is 5.62. The predicted molar refractivity (Wildman–Crippen MR) is 63.0 cm³/mol. The number of hydrogen-bond acceptors (Lipinski definition) is 3. The molecule has 0 saturated carbocycles. The summed E-state index contributed by atoms with van der Waals surface area (Å²) in [6.07, 6.45) is 0. The van der Waals surface area contributed by atoms with Crippen LogP contribution in [0.1, 0.15) is 13.8 Å². The quantitative estimate of drug-likeness (QED) is 0.891. The van der Waals surface area contributed by atoms with Gasteiger partial charge < -0.3 is 5.11 Å². The lowest BCUT2D eigenvalue weighted by Gasteiger charge is -2.24. The molecule has 0 aliphatic carbocycles. The van der Waals surface area contributed by atoms with Crippen molar-refractivity contribution in [3.05, 3.63) is 29.8 Å². The Hall–Kier alpha value is -1.54. The molecule has 0 aliphatic rings. The largest absolute Gasteiger partial charge is 0.480 e. The van der Waals surface area contributed by atoms with Crippen LogP contribution in [0.2, 0.25) is 0 Å². The van der Waals surface area contributed by atoms with Gasteiger partial charge in [-0.05, 0) is 32.0 Å². The van der Waals surface area contributed by atoms with E-state index in [1.807, 2.05) is 0 Å². The maximum Gasteiger partial charge on any atom is 0.318 e. The lowest BCUT2D eigenvalue weighted by Crippen LogP contribution is -2.40. The number of carboxylic acids is 1. The Morgan fingerprint density at radius 3 is 2.42 bits per heavy atom. The zero-order chi connectivity index (χ0) is 14.8. The summed E-state index contributed by atoms with van der Waals surface area (Å²) in [7, 11) is -4.41. The second-order valence-corrected chi connectivity index (χ2v) is 5.97. The Balaban J connectivity index is 3.34. The third kappa shape index (κ3) is 3.48. The third-order valence-corrected chi connectivity index (χ3v) is 4.38. The van der Waals surface area contributed by atoms with Crippen LogP contribution in [-0.4, -0.2) is 36.4 Å². The molecule has 0 bridgehead atoms. The fourth-order valence-electron chi connectivity index (χ4n) is 1.48. The number of carbonyl (C=O) groups is 1. The highest BCUT2D eigenvalue weighted by atomic mass is 32.2. The first-order chi connectivity index (χ1) is 8.66. The molecule has 1 aromatic carbocycles. The van der Waals surface area contributed by atoms with E-state index in [2.05, 4.69) is 0 Å². The first-order valence-corrected chi connectivity index (χ1v) is 6.79. The number of sulfonamides is 1. The van der Waals surface area contributed by atoms with Crippen molar-refractivity contribution in [2.45, 2.75) is 24.8 Å². The van der Waals surface area contributed by atoms with Gasteiger partial charge in [-0.1, -0.05) is 0 Å². The van der Waals surface area contributed by atoms with Crippen LogP contribution in [0.4, 0.5) is 8.78 Å². The molecule has 0 fully saturated rings. The molecule has 0 spiro atoms. The summed E-state index contributed by atoms with van der Waals surface area (Å²) in [5.41, 5.74) is 0. The van der Waals surface area contributed by atoms with Crippen molar-refractivity contribution >= 4 is 16.0 Å². The molecule has 8 heteroatoms. The molecule has 0 amide bonds. The lowest BCUT2D eigenvalue weighted by molar-refractivity contribution is -0.137. The molecule has 0 unspecified atom stereocenters. The van der Waals surface area contributed by atoms with Crippen LogP contribution in [-0.2, 0) is 14.8 Å². The van der Waals surface area contributed by atoms with Gasteiger partial charge in [-0.25, -0.2) is 17.2 Å². The Morgan fingerprint density at radius 1 is 1.37 bits per heavy atom. The number of carboxylic acid groups (broad SMARTS) is 1. The molecule has 0 radical (unpaired) electrons. The van der Waals surface area contributed by atoms with Gasteiger partial charge in [0.25, 0.3) is 0 Å². The molecule has 1 aromatic rings. The number of benzene rings is 1. The SMILES string of the molecule is CC(C)N(CC(=O)O)S(=O)(=O)c1cc(F)ccc1F. The Bertz CT molecular complexity index is 586. The van der Waals surface area contributed by atoms with Crippen molar-refractivity contribution in [2.75, 3.05) is 6.54 Å². The first kappa shape index (κ1) is 15.5. The summed E-state index contributed by atoms with van der Waals surface area (Å²) in [4.78, 5) is 9.80. The van der Waals surface area contributed by atoms with Gasteiger partial charge in [0, 0.05) is 6.04 Å². The summed E-state index contributed by atoms with van der Waals surface area (Å²) in [6, 6.07) is 1.29. The van der Waals surface area contributed by atoms with E-state index in [9.17, 15) is 22.0 Å². The number of nitrogens with zero attached hydrogens (tertiary/aromatic N) is 1. The summed E-state index contributed by atoms with van der Waals surface area (Å²) >= 11 is 0. The maximum atomic E-state index is 13.5. The molecule has 1 rings (SSSR count). The van der Waals surface area contributed by atoms with Crippen LogP contribution in [0.3, 0.4) is 0 Å². The van der Waals surface area contributed by atoms with Crippen molar-refractivity contribution in [1.82, 2.24) is 4.31 Å². The van der Waals surface area contributed by atoms with E-state index in [1.165, 1.54) is 13.8 Å². The van der Waals surface area contributed by atoms with E-state index in [1.54, 1.807) is 0 Å². The Morgan fingerprint density at radius 2 is 1.95 bits per heavy atom. The van der Waals surface area contributed by atoms with Gasteiger partial charge in [-0.15, -0.1) is 0 Å². The minimum Gasteiger partial charge on any atom is -0.480 e. The second-order valence-electron chi connectivity index (χ2n) is 4.11. The molecule has 0 aliphatic heterocycles. The van der Waals surface area contributed by atoms with Crippen molar-refractivity contribution in [3.8, 4) is 0 Å². The molecule has 0 heterocycles. The summed E-state index contributed by atoms with van der Waals surface area (Å²) < 4.78 is 51.4. The van der Waals surface area contributed by atoms with Crippen molar-refractivity contribution in [1.29, 1.82) is 0 Å². The van der Waals surface area contributed by atoms with Gasteiger partial charge in [0.05, 0.1) is 0 Å². The van der Waals surface area contributed by atoms with Crippen LogP contribution in [0.25, 0.3) is 0 Å². The number of halogens is 2. The monoisotopic (exact) mass is 293 g/mol. The van der Waals surface area contributed by atoms with E-state index in [4.69, 9.17) is 5.11 Å². The van der Waals surface area contributed by atoms with E-state index in [0.29, 0.717) is 16.4 Å². The molecule has 0 saturated heterocycles. The highest BCUT2D eigenvalue weighted by Gasteiger charge is 2.31. The van der Waals surface area contributed by atoms with Crippen LogP contribution in [0.5, 0.6) is 0 Å². The van der Waals surface area contributed by atoms with Crippen LogP contribution < -0.4 is 0 Å². The topological polar surface area (TPSA) is 74.7 Å². The number of aliphatic carboxylic acids is 1. The highest BCUT2D eigenvalue weighted by Crippen LogP contribution is 2.22. The smallest absolute Gasteiger partial charge is 0.318 e. The van der Waals surface area contributed by atoms with Crippen LogP contribution >= 0.6 is 0 Å². The van der Waals surface area contributed by atoms with Crippen molar-refractivity contribution in [2.24, 2.45) is 0 Å². The fourth-order valence-corrected chi connectivity index (χ4v) is 3.14. The molecular formula is C11H13F2NO4S. The van der Waals surface area contributed by atoms with E-state index in [-0.39, 0.29) is 0 Å². The van der Waals surface area contributed by atoms with Crippen molar-refractivity contribution < 1.29 is 27.1 Å². The van der Waals surface area contributed by atoms with Gasteiger partial charge >= 0.3 is 5.97 Å². The highest BCUT2D eigenvalue weighted by molar-refractivity contribution is 7.89. The van der Waals surface area contributed by atoms with Gasteiger partial charge in [0.2, 0.25) is 10.0 Å². The van der Waals surface area contributed by atoms with E-state index >= 15 is 0 Å². The molecule has 0 aromatic heterocycles. The van der Waals surface area contributed by atoms with Gasteiger partial charge in [-0.2, -0.15) is 4.31 Å². The number of rotatable bonds is 5. The normalized spacial score (nSPS) is 12.1. The predicted octanol–water partition coefficient (Wildman–Crippen LogP) is 1.45. The number of hydrogen-bond donors (Lipinski definition) is 1. The average Bonchev–Trinajstić information content (AvgIpc) is 2.28. The maximum absolute atomic E-state index is 13.5. The zero-order valence-corrected chi connectivity index (χ0v) is 11.1. The van der Waals surface area contributed by atoms with E-state index < -0.39 is 45.1 Å². The standard InChI is InChI=1S/C11H13F2NO4S/c1-7(2)14(6-11(15)16)19(17,18)10-5-8(12)3-4-9(10)13/h3-5,7H,6H2,1-2H3,(H,15,16). The summed E-state index contributed by atoms with van der Waals surface area (Å²) in [5, 5.41) is 8.69. The lowest BCUT2D eigenvalue weighted by atomic mass is 10.3. The fraction of sp³-hybridized carbons (Fsp3) is 0.364. The van der Waals surface area contributed by atoms with Crippen molar-refractivity contribution in [3.63, 3.8) is 0 Å².